The summed E-state index contributed by atoms with van der Waals surface area (Å²) >= 11 is 0. The van der Waals surface area contributed by atoms with Crippen molar-refractivity contribution in [1.82, 2.24) is 14.8 Å². The van der Waals surface area contributed by atoms with E-state index in [4.69, 9.17) is 5.73 Å². The SMILES string of the molecule is Cn1ncc2cc(NC(=O)c3cccc(N4CCC(N)C4)n3)c(C3CC3)cc21. The fourth-order valence-electron chi connectivity index (χ4n) is 3.96. The lowest BCUT2D eigenvalue weighted by atomic mass is 10.1. The number of hydrogen-bond donors (Lipinski definition) is 2. The molecule has 7 nitrogen and oxygen atoms in total. The van der Waals surface area contributed by atoms with E-state index in [1.807, 2.05) is 36.1 Å². The van der Waals surface area contributed by atoms with Crippen LogP contribution in [0.1, 0.15) is 41.2 Å². The molecule has 1 unspecified atom stereocenters. The monoisotopic (exact) mass is 376 g/mol. The van der Waals surface area contributed by atoms with E-state index in [0.29, 0.717) is 11.6 Å². The average molecular weight is 376 g/mol. The van der Waals surface area contributed by atoms with E-state index in [1.54, 1.807) is 6.07 Å². The lowest BCUT2D eigenvalue weighted by molar-refractivity contribution is 0.102. The van der Waals surface area contributed by atoms with Crippen molar-refractivity contribution in [2.45, 2.75) is 31.2 Å². The minimum Gasteiger partial charge on any atom is -0.355 e. The van der Waals surface area contributed by atoms with Crippen LogP contribution in [0, 0.1) is 0 Å². The Hall–Kier alpha value is -2.93. The third-order valence-corrected chi connectivity index (χ3v) is 5.70. The molecule has 1 saturated heterocycles. The molecule has 0 bridgehead atoms. The number of carbonyl (C=O) groups excluding carboxylic acids is 1. The summed E-state index contributed by atoms with van der Waals surface area (Å²) in [5, 5.41) is 8.45. The number of hydrogen-bond acceptors (Lipinski definition) is 5. The number of anilines is 2. The first-order valence-corrected chi connectivity index (χ1v) is 9.83. The number of rotatable bonds is 4. The van der Waals surface area contributed by atoms with Crippen LogP contribution in [0.4, 0.5) is 11.5 Å². The van der Waals surface area contributed by atoms with Crippen molar-refractivity contribution in [2.75, 3.05) is 23.3 Å². The minimum atomic E-state index is -0.185. The van der Waals surface area contributed by atoms with Gasteiger partial charge >= 0.3 is 0 Å². The first-order valence-electron chi connectivity index (χ1n) is 9.83. The van der Waals surface area contributed by atoms with Crippen LogP contribution >= 0.6 is 0 Å². The van der Waals surface area contributed by atoms with Crippen LogP contribution in [-0.4, -0.2) is 39.8 Å². The zero-order chi connectivity index (χ0) is 19.3. The highest BCUT2D eigenvalue weighted by Gasteiger charge is 2.28. The van der Waals surface area contributed by atoms with Crippen molar-refractivity contribution in [2.24, 2.45) is 12.8 Å². The zero-order valence-electron chi connectivity index (χ0n) is 15.9. The summed E-state index contributed by atoms with van der Waals surface area (Å²) in [4.78, 5) is 19.7. The Bertz CT molecular complexity index is 1050. The van der Waals surface area contributed by atoms with Crippen LogP contribution in [0.3, 0.4) is 0 Å². The van der Waals surface area contributed by atoms with Crippen molar-refractivity contribution < 1.29 is 4.79 Å². The average Bonchev–Trinajstić information content (AvgIpc) is 3.36. The number of benzene rings is 1. The van der Waals surface area contributed by atoms with Crippen molar-refractivity contribution in [1.29, 1.82) is 0 Å². The second-order valence-corrected chi connectivity index (χ2v) is 7.87. The van der Waals surface area contributed by atoms with Gasteiger partial charge in [0.1, 0.15) is 11.5 Å². The summed E-state index contributed by atoms with van der Waals surface area (Å²) in [5.41, 5.74) is 9.57. The molecule has 28 heavy (non-hydrogen) atoms. The molecule has 2 fully saturated rings. The number of pyridine rings is 1. The van der Waals surface area contributed by atoms with Gasteiger partial charge in [-0.3, -0.25) is 9.48 Å². The van der Waals surface area contributed by atoms with Gasteiger partial charge in [0.15, 0.2) is 0 Å². The van der Waals surface area contributed by atoms with Gasteiger partial charge in [-0.05, 0) is 55.0 Å². The number of carbonyl (C=O) groups is 1. The molecule has 2 aromatic heterocycles. The lowest BCUT2D eigenvalue weighted by Gasteiger charge is -2.17. The largest absolute Gasteiger partial charge is 0.355 e. The van der Waals surface area contributed by atoms with Crippen LogP contribution < -0.4 is 16.0 Å². The summed E-state index contributed by atoms with van der Waals surface area (Å²) in [6.07, 6.45) is 5.11. The second kappa shape index (κ2) is 6.60. The quantitative estimate of drug-likeness (QED) is 0.731. The lowest BCUT2D eigenvalue weighted by Crippen LogP contribution is -2.27. The van der Waals surface area contributed by atoms with E-state index in [2.05, 4.69) is 26.4 Å². The standard InChI is InChI=1S/C21H24N6O/c1-26-19-10-16(13-5-6-13)18(9-14(19)11-23-26)25-21(28)17-3-2-4-20(24-17)27-8-7-15(22)12-27/h2-4,9-11,13,15H,5-8,12,22H2,1H3,(H,25,28). The fourth-order valence-corrected chi connectivity index (χ4v) is 3.96. The third kappa shape index (κ3) is 3.11. The van der Waals surface area contributed by atoms with Crippen LogP contribution in [0.25, 0.3) is 10.9 Å². The van der Waals surface area contributed by atoms with Crippen LogP contribution in [0.15, 0.2) is 36.5 Å². The molecule has 2 aliphatic rings. The number of amides is 1. The fraction of sp³-hybridized carbons (Fsp3) is 0.381. The topological polar surface area (TPSA) is 89.1 Å². The Kier molecular flexibility index (Phi) is 4.05. The first-order chi connectivity index (χ1) is 13.6. The highest BCUT2D eigenvalue weighted by molar-refractivity contribution is 6.04. The van der Waals surface area contributed by atoms with Gasteiger partial charge in [-0.15, -0.1) is 0 Å². The molecule has 0 spiro atoms. The Morgan fingerprint density at radius 2 is 2.11 bits per heavy atom. The Morgan fingerprint density at radius 3 is 2.86 bits per heavy atom. The third-order valence-electron chi connectivity index (χ3n) is 5.70. The molecule has 1 atom stereocenters. The molecule has 3 heterocycles. The molecule has 1 saturated carbocycles. The van der Waals surface area contributed by atoms with Crippen LogP contribution in [-0.2, 0) is 7.05 Å². The van der Waals surface area contributed by atoms with Gasteiger partial charge in [0, 0.05) is 37.3 Å². The van der Waals surface area contributed by atoms with Crippen molar-refractivity contribution >= 4 is 28.3 Å². The van der Waals surface area contributed by atoms with Gasteiger partial charge in [0.2, 0.25) is 0 Å². The maximum absolute atomic E-state index is 12.9. The summed E-state index contributed by atoms with van der Waals surface area (Å²) < 4.78 is 1.87. The van der Waals surface area contributed by atoms with Crippen LogP contribution in [0.5, 0.6) is 0 Å². The minimum absolute atomic E-state index is 0.173. The first kappa shape index (κ1) is 17.2. The molecule has 1 aliphatic heterocycles. The molecule has 7 heteroatoms. The molecule has 3 N–H and O–H groups in total. The van der Waals surface area contributed by atoms with Crippen molar-refractivity contribution in [3.05, 3.63) is 47.8 Å². The van der Waals surface area contributed by atoms with Gasteiger partial charge in [-0.1, -0.05) is 6.07 Å². The Labute approximate surface area is 163 Å². The normalized spacial score (nSPS) is 19.4. The summed E-state index contributed by atoms with van der Waals surface area (Å²) in [5.74, 6) is 1.14. The van der Waals surface area contributed by atoms with E-state index in [9.17, 15) is 4.79 Å². The number of aromatic nitrogens is 3. The summed E-state index contributed by atoms with van der Waals surface area (Å²) in [7, 11) is 1.94. The number of aryl methyl sites for hydroxylation is 1. The molecule has 1 amide bonds. The number of nitrogens with one attached hydrogen (secondary N) is 1. The molecule has 3 aromatic rings. The van der Waals surface area contributed by atoms with E-state index >= 15 is 0 Å². The van der Waals surface area contributed by atoms with E-state index in [1.165, 1.54) is 5.56 Å². The highest BCUT2D eigenvalue weighted by Crippen LogP contribution is 2.44. The number of nitrogens with zero attached hydrogens (tertiary/aromatic N) is 4. The molecular formula is C21H24N6O. The van der Waals surface area contributed by atoms with Gasteiger partial charge < -0.3 is 16.0 Å². The van der Waals surface area contributed by atoms with E-state index < -0.39 is 0 Å². The van der Waals surface area contributed by atoms with Gasteiger partial charge in [-0.2, -0.15) is 5.10 Å². The second-order valence-electron chi connectivity index (χ2n) is 7.87. The summed E-state index contributed by atoms with van der Waals surface area (Å²) in [6.45, 7) is 1.66. The molecule has 0 radical (unpaired) electrons. The number of nitrogens with two attached hydrogens (primary N) is 1. The van der Waals surface area contributed by atoms with Gasteiger partial charge in [0.05, 0.1) is 11.7 Å². The summed E-state index contributed by atoms with van der Waals surface area (Å²) in [6, 6.07) is 9.93. The molecule has 1 aliphatic carbocycles. The van der Waals surface area contributed by atoms with E-state index in [0.717, 1.165) is 54.8 Å². The van der Waals surface area contributed by atoms with Gasteiger partial charge in [0.25, 0.3) is 5.91 Å². The molecule has 144 valence electrons. The Balaban J connectivity index is 1.43. The predicted molar refractivity (Wildman–Crippen MR) is 110 cm³/mol. The smallest absolute Gasteiger partial charge is 0.274 e. The maximum atomic E-state index is 12.9. The number of fused-ring (bicyclic) bond motifs is 1. The molecule has 1 aromatic carbocycles. The molecular weight excluding hydrogens is 352 g/mol. The van der Waals surface area contributed by atoms with Crippen molar-refractivity contribution in [3.63, 3.8) is 0 Å². The predicted octanol–water partition coefficient (Wildman–Crippen LogP) is 2.64. The zero-order valence-corrected chi connectivity index (χ0v) is 15.9. The van der Waals surface area contributed by atoms with Crippen LogP contribution in [0.2, 0.25) is 0 Å². The Morgan fingerprint density at radius 1 is 1.25 bits per heavy atom. The molecule has 5 rings (SSSR count). The highest BCUT2D eigenvalue weighted by atomic mass is 16.1. The maximum Gasteiger partial charge on any atom is 0.274 e. The van der Waals surface area contributed by atoms with Crippen molar-refractivity contribution in [3.8, 4) is 0 Å². The van der Waals surface area contributed by atoms with E-state index in [-0.39, 0.29) is 11.9 Å². The van der Waals surface area contributed by atoms with Gasteiger partial charge in [-0.25, -0.2) is 4.98 Å².